The van der Waals surface area contributed by atoms with Gasteiger partial charge in [-0.05, 0) is 20.8 Å². The van der Waals surface area contributed by atoms with Gasteiger partial charge in [0.1, 0.15) is 5.60 Å². The van der Waals surface area contributed by atoms with Crippen LogP contribution in [0.1, 0.15) is 20.8 Å². The molecule has 5 heteroatoms. The highest BCUT2D eigenvalue weighted by molar-refractivity contribution is 5.80. The van der Waals surface area contributed by atoms with Crippen molar-refractivity contribution in [1.29, 1.82) is 0 Å². The summed E-state index contributed by atoms with van der Waals surface area (Å²) in [6.45, 7) is 5.00. The molecule has 0 unspecified atom stereocenters. The maximum atomic E-state index is 10.8. The predicted octanol–water partition coefficient (Wildman–Crippen LogP) is -0.00360. The largest absolute Gasteiger partial charge is 0.444 e. The standard InChI is InChI=1S/C7H14N2O3/c1-7(2,3)12-6(11)9-4-5(8)10/h4H2,1-3H3,(H2,8,10)(H,9,11)/i4+1,5+1,8+1,9+1. The van der Waals surface area contributed by atoms with Gasteiger partial charge in [-0.3, -0.25) is 4.79 Å². The summed E-state index contributed by atoms with van der Waals surface area (Å²) in [7, 11) is 0. The molecule has 70 valence electrons. The van der Waals surface area contributed by atoms with Crippen molar-refractivity contribution < 1.29 is 14.3 Å². The van der Waals surface area contributed by atoms with E-state index in [1.807, 2.05) is 0 Å². The van der Waals surface area contributed by atoms with E-state index in [1.54, 1.807) is 20.8 Å². The van der Waals surface area contributed by atoms with Gasteiger partial charge in [0.15, 0.2) is 0 Å². The zero-order valence-electron chi connectivity index (χ0n) is 7.51. The van der Waals surface area contributed by atoms with Gasteiger partial charge < -0.3 is 15.8 Å². The highest BCUT2D eigenvalue weighted by Gasteiger charge is 2.15. The first-order chi connectivity index (χ1) is 5.31. The van der Waals surface area contributed by atoms with Crippen LogP contribution in [0.4, 0.5) is 4.79 Å². The summed E-state index contributed by atoms with van der Waals surface area (Å²) in [4.78, 5) is 21.0. The monoisotopic (exact) mass is 178 g/mol. The molecule has 0 saturated carbocycles. The van der Waals surface area contributed by atoms with Crippen LogP contribution in [-0.2, 0) is 9.53 Å². The van der Waals surface area contributed by atoms with Crippen molar-refractivity contribution in [3.8, 4) is 0 Å². The smallest absolute Gasteiger partial charge is 0.408 e. The quantitative estimate of drug-likeness (QED) is 0.461. The Labute approximate surface area is 71.3 Å². The van der Waals surface area contributed by atoms with Crippen LogP contribution in [0.3, 0.4) is 0 Å². The molecule has 0 bridgehead atoms. The lowest BCUT2D eigenvalue weighted by Gasteiger charge is -2.19. The molecule has 5 nitrogen and oxygen atoms in total. The minimum absolute atomic E-state index is 0.199. The number of rotatable bonds is 2. The second kappa shape index (κ2) is 3.94. The van der Waals surface area contributed by atoms with Gasteiger partial charge in [-0.25, -0.2) is 4.79 Å². The fourth-order valence-electron chi connectivity index (χ4n) is 0.473. The fraction of sp³-hybridized carbons (Fsp3) is 0.714. The molecule has 0 aromatic heterocycles. The Hall–Kier alpha value is -1.26. The van der Waals surface area contributed by atoms with Crippen LogP contribution in [0.2, 0.25) is 0 Å². The SMILES string of the molecule is CC(C)(C)OC(=O)[15NH][13CH2][13C]([15NH2])=O. The zero-order valence-corrected chi connectivity index (χ0v) is 7.51. The van der Waals surface area contributed by atoms with E-state index >= 15 is 0 Å². The van der Waals surface area contributed by atoms with Gasteiger partial charge in [0.05, 0.1) is 6.54 Å². The third-order valence-electron chi connectivity index (χ3n) is 0.806. The summed E-state index contributed by atoms with van der Waals surface area (Å²) in [6, 6.07) is 0. The van der Waals surface area contributed by atoms with Gasteiger partial charge in [-0.1, -0.05) is 0 Å². The molecule has 2 amide bonds. The van der Waals surface area contributed by atoms with Crippen LogP contribution >= 0.6 is 0 Å². The second-order valence-electron chi connectivity index (χ2n) is 3.32. The number of carbonyl (C=O) groups is 2. The van der Waals surface area contributed by atoms with E-state index in [0.29, 0.717) is 0 Å². The molecule has 0 aromatic rings. The third-order valence-corrected chi connectivity index (χ3v) is 0.806. The fourth-order valence-corrected chi connectivity index (χ4v) is 0.473. The van der Waals surface area contributed by atoms with Crippen molar-refractivity contribution in [2.75, 3.05) is 6.54 Å². The van der Waals surface area contributed by atoms with Gasteiger partial charge in [-0.15, -0.1) is 0 Å². The van der Waals surface area contributed by atoms with E-state index < -0.39 is 17.6 Å². The highest BCUT2D eigenvalue weighted by atomic mass is 16.6. The van der Waals surface area contributed by atoms with Crippen molar-refractivity contribution in [3.05, 3.63) is 0 Å². The molecule has 0 heterocycles. The van der Waals surface area contributed by atoms with Crippen molar-refractivity contribution in [1.82, 2.24) is 5.32 Å². The molecular weight excluding hydrogens is 164 g/mol. The van der Waals surface area contributed by atoms with E-state index in [2.05, 4.69) is 5.32 Å². The molecule has 0 radical (unpaired) electrons. The van der Waals surface area contributed by atoms with Crippen molar-refractivity contribution in [2.45, 2.75) is 26.4 Å². The highest BCUT2D eigenvalue weighted by Crippen LogP contribution is 2.05. The van der Waals surface area contributed by atoms with Crippen molar-refractivity contribution in [3.63, 3.8) is 0 Å². The number of alkyl carbamates (subject to hydrolysis) is 1. The van der Waals surface area contributed by atoms with Crippen LogP contribution in [0, 0.1) is 0 Å². The third kappa shape index (κ3) is 6.85. The Bertz CT molecular complexity index is 184. The van der Waals surface area contributed by atoms with Gasteiger partial charge in [0, 0.05) is 0 Å². The summed E-state index contributed by atoms with van der Waals surface area (Å²) in [5.41, 5.74) is 4.24. The van der Waals surface area contributed by atoms with Crippen LogP contribution in [0.5, 0.6) is 0 Å². The van der Waals surface area contributed by atoms with Crippen LogP contribution in [-0.4, -0.2) is 24.1 Å². The summed E-state index contributed by atoms with van der Waals surface area (Å²) < 4.78 is 4.83. The maximum Gasteiger partial charge on any atom is 0.408 e. The average molecular weight is 178 g/mol. The van der Waals surface area contributed by atoms with Crippen LogP contribution < -0.4 is 11.1 Å². The lowest BCUT2D eigenvalue weighted by molar-refractivity contribution is -0.117. The number of carbonyl (C=O) groups excluding carboxylic acids is 2. The predicted molar refractivity (Wildman–Crippen MR) is 43.4 cm³/mol. The average Bonchev–Trinajstić information content (AvgIpc) is 1.79. The number of nitrogens with two attached hydrogens (primary N) is 1. The Balaban J connectivity index is 3.68. The summed E-state index contributed by atoms with van der Waals surface area (Å²) in [5, 5.41) is 2.20. The lowest BCUT2D eigenvalue weighted by Crippen LogP contribution is -2.37. The number of ether oxygens (including phenoxy) is 1. The zero-order chi connectivity index (χ0) is 9.78. The molecule has 0 fully saturated rings. The molecule has 3 N–H and O–H groups in total. The second-order valence-corrected chi connectivity index (χ2v) is 3.32. The van der Waals surface area contributed by atoms with E-state index in [9.17, 15) is 9.59 Å². The van der Waals surface area contributed by atoms with E-state index in [-0.39, 0.29) is 6.54 Å². The molecular formula is C7H14N2O3. The molecule has 0 atom stereocenters. The molecule has 0 aliphatic rings. The lowest BCUT2D eigenvalue weighted by atomic mass is 10.2. The molecule has 0 spiro atoms. The maximum absolute atomic E-state index is 10.8. The Morgan fingerprint density at radius 1 is 1.42 bits per heavy atom. The van der Waals surface area contributed by atoms with Gasteiger partial charge >= 0.3 is 6.09 Å². The first-order valence-electron chi connectivity index (χ1n) is 3.56. The number of amides is 2. The van der Waals surface area contributed by atoms with Crippen molar-refractivity contribution >= 4 is 12.0 Å². The first kappa shape index (κ1) is 10.7. The molecule has 0 aliphatic heterocycles. The number of primary amides is 1. The van der Waals surface area contributed by atoms with E-state index in [4.69, 9.17) is 10.5 Å². The van der Waals surface area contributed by atoms with Gasteiger partial charge in [-0.2, -0.15) is 0 Å². The molecule has 0 aliphatic carbocycles. The minimum atomic E-state index is -0.638. The number of nitrogens with one attached hydrogen (secondary N) is 1. The Morgan fingerprint density at radius 2 is 1.92 bits per heavy atom. The van der Waals surface area contributed by atoms with Gasteiger partial charge in [0.25, 0.3) is 0 Å². The minimum Gasteiger partial charge on any atom is -0.444 e. The molecule has 12 heavy (non-hydrogen) atoms. The van der Waals surface area contributed by atoms with Gasteiger partial charge in [0.2, 0.25) is 5.91 Å². The summed E-state index contributed by atoms with van der Waals surface area (Å²) in [6.07, 6.45) is -0.638. The van der Waals surface area contributed by atoms with Crippen molar-refractivity contribution in [2.24, 2.45) is 5.73 Å². The summed E-state index contributed by atoms with van der Waals surface area (Å²) >= 11 is 0. The molecule has 0 saturated heterocycles. The topological polar surface area (TPSA) is 81.4 Å². The molecule has 0 aromatic carbocycles. The first-order valence-corrected chi connectivity index (χ1v) is 3.56. The Kier molecular flexibility index (Phi) is 3.53. The number of hydrogen-bond donors (Lipinski definition) is 2. The van der Waals surface area contributed by atoms with Crippen LogP contribution in [0.15, 0.2) is 0 Å². The Morgan fingerprint density at radius 3 is 2.25 bits per heavy atom. The molecule has 0 rings (SSSR count). The van der Waals surface area contributed by atoms with E-state index in [0.717, 1.165) is 0 Å². The normalized spacial score (nSPS) is 10.6. The summed E-state index contributed by atoms with van der Waals surface area (Å²) in [5.74, 6) is -0.596. The van der Waals surface area contributed by atoms with Crippen LogP contribution in [0.25, 0.3) is 0 Å². The number of hydrogen-bond acceptors (Lipinski definition) is 3. The van der Waals surface area contributed by atoms with E-state index in [1.165, 1.54) is 0 Å².